The van der Waals surface area contributed by atoms with E-state index in [0.29, 0.717) is 29.9 Å². The first-order valence-corrected chi connectivity index (χ1v) is 10.7. The summed E-state index contributed by atoms with van der Waals surface area (Å²) in [6.45, 7) is 1.74. The molecule has 3 saturated heterocycles. The minimum atomic E-state index is -2.09. The summed E-state index contributed by atoms with van der Waals surface area (Å²) in [5.41, 5.74) is 4.18. The van der Waals surface area contributed by atoms with Crippen LogP contribution in [0.4, 0.5) is 0 Å². The summed E-state index contributed by atoms with van der Waals surface area (Å²) in [6.07, 6.45) is 8.95. The van der Waals surface area contributed by atoms with Gasteiger partial charge in [0, 0.05) is 29.9 Å². The molecule has 0 saturated carbocycles. The fraction of sp³-hybridized carbons (Fsp3) is 0.409. The number of nitrogens with zero attached hydrogens (tertiary/aromatic N) is 4. The molecule has 0 aliphatic carbocycles. The third-order valence-electron chi connectivity index (χ3n) is 6.97. The lowest BCUT2D eigenvalue weighted by Gasteiger charge is -2.54. The fourth-order valence-corrected chi connectivity index (χ4v) is 5.26. The van der Waals surface area contributed by atoms with Gasteiger partial charge in [0.25, 0.3) is 5.91 Å². The maximum Gasteiger partial charge on any atom is 0.348 e. The Labute approximate surface area is 188 Å². The van der Waals surface area contributed by atoms with Gasteiger partial charge in [0.15, 0.2) is 11.9 Å². The number of fused-ring (bicyclic) bond motifs is 3. The Morgan fingerprint density at radius 1 is 1.12 bits per heavy atom. The van der Waals surface area contributed by atoms with Gasteiger partial charge in [0.2, 0.25) is 11.6 Å². The van der Waals surface area contributed by atoms with Crippen LogP contribution in [0, 0.1) is 5.92 Å². The van der Waals surface area contributed by atoms with Gasteiger partial charge in [-0.15, -0.1) is 0 Å². The Balaban J connectivity index is 1.44. The van der Waals surface area contributed by atoms with Crippen molar-refractivity contribution < 1.29 is 32.7 Å². The normalized spacial score (nSPS) is 25.5. The highest BCUT2D eigenvalue weighted by Gasteiger charge is 2.56. The molecule has 2 bridgehead atoms. The number of quaternary nitrogens is 1. The van der Waals surface area contributed by atoms with Crippen LogP contribution in [0.2, 0.25) is 0 Å². The molecule has 2 atom stereocenters. The average Bonchev–Trinajstić information content (AvgIpc) is 3.55. The first-order chi connectivity index (χ1) is 15.9. The molecule has 172 valence electrons. The van der Waals surface area contributed by atoms with Crippen LogP contribution in [0.5, 0.6) is 0 Å². The maximum atomic E-state index is 13.4. The average molecular weight is 454 g/mol. The van der Waals surface area contributed by atoms with Crippen molar-refractivity contribution in [2.45, 2.75) is 30.6 Å². The number of hydrogen-bond donors (Lipinski definition) is 2. The summed E-state index contributed by atoms with van der Waals surface area (Å²) in [7, 11) is 0. The number of ether oxygens (including phenoxy) is 1. The van der Waals surface area contributed by atoms with E-state index in [1.807, 2.05) is 0 Å². The summed E-state index contributed by atoms with van der Waals surface area (Å²) in [5.74, 6) is -0.965. The molecular formula is C22H24N5O6+. The number of nitrogens with two attached hydrogens (primary N) is 1. The second-order valence-electron chi connectivity index (χ2n) is 8.67. The molecule has 3 aromatic rings. The van der Waals surface area contributed by atoms with Crippen LogP contribution < -0.4 is 5.73 Å². The molecule has 1 unspecified atom stereocenters. The van der Waals surface area contributed by atoms with E-state index in [2.05, 4.69) is 15.0 Å². The number of carbonyl (C=O) groups is 2. The largest absolute Gasteiger partial charge is 0.472 e. The van der Waals surface area contributed by atoms with E-state index in [1.54, 1.807) is 0 Å². The van der Waals surface area contributed by atoms with Crippen molar-refractivity contribution in [1.82, 2.24) is 15.0 Å². The molecule has 0 spiro atoms. The van der Waals surface area contributed by atoms with Gasteiger partial charge in [0.1, 0.15) is 19.2 Å². The van der Waals surface area contributed by atoms with Crippen LogP contribution >= 0.6 is 0 Å². The summed E-state index contributed by atoms with van der Waals surface area (Å²) in [4.78, 5) is 38.1. The van der Waals surface area contributed by atoms with Crippen molar-refractivity contribution in [2.24, 2.45) is 11.7 Å². The molecule has 3 aliphatic rings. The van der Waals surface area contributed by atoms with Crippen molar-refractivity contribution in [2.75, 3.05) is 19.6 Å². The lowest BCUT2D eigenvalue weighted by atomic mass is 9.81. The number of carbonyl (C=O) groups excluding carboxylic acids is 2. The quantitative estimate of drug-likeness (QED) is 0.387. The van der Waals surface area contributed by atoms with Crippen LogP contribution in [0.3, 0.4) is 0 Å². The molecule has 3 fully saturated rings. The van der Waals surface area contributed by atoms with Gasteiger partial charge < -0.3 is 28.9 Å². The number of piperidine rings is 3. The smallest absolute Gasteiger partial charge is 0.348 e. The SMILES string of the molecule is NC(=O)C(c1ncncn1)[N+]12CCC(CC1)[C@@H](OC(=O)C(O)(c1ccoc1)c1ccoc1)C2. The van der Waals surface area contributed by atoms with E-state index in [-0.39, 0.29) is 17.0 Å². The van der Waals surface area contributed by atoms with Crippen LogP contribution in [0.25, 0.3) is 0 Å². The number of hydrogen-bond acceptors (Lipinski definition) is 9. The van der Waals surface area contributed by atoms with E-state index < -0.39 is 29.6 Å². The van der Waals surface area contributed by atoms with Crippen LogP contribution in [-0.4, -0.2) is 62.2 Å². The van der Waals surface area contributed by atoms with Crippen molar-refractivity contribution >= 4 is 11.9 Å². The minimum Gasteiger partial charge on any atom is -0.472 e. The standard InChI is InChI=1S/C22H23N5O6/c23-19(28)18(20-25-12-24-13-26-20)27-5-1-14(2-6-27)17(9-27)33-21(29)22(30,15-3-7-31-10-15)16-4-8-32-11-16/h3-4,7-8,10-14,17-18,30H,1-2,5-6,9H2,(H-,23,28)/p+1/t14?,17-,18?,27?/m0/s1. The summed E-state index contributed by atoms with van der Waals surface area (Å²) in [5, 5.41) is 11.4. The lowest BCUT2D eigenvalue weighted by Crippen LogP contribution is -2.67. The number of furan rings is 2. The highest BCUT2D eigenvalue weighted by molar-refractivity contribution is 5.85. The molecule has 33 heavy (non-hydrogen) atoms. The van der Waals surface area contributed by atoms with E-state index in [1.165, 1.54) is 49.8 Å². The first kappa shape index (κ1) is 21.3. The topological polar surface area (TPSA) is 155 Å². The number of esters is 1. The fourth-order valence-electron chi connectivity index (χ4n) is 5.26. The Bertz CT molecular complexity index is 1080. The highest BCUT2D eigenvalue weighted by Crippen LogP contribution is 2.43. The number of amides is 1. The van der Waals surface area contributed by atoms with Crippen molar-refractivity contribution in [3.8, 4) is 0 Å². The van der Waals surface area contributed by atoms with E-state index in [4.69, 9.17) is 19.3 Å². The minimum absolute atomic E-state index is 0.110. The van der Waals surface area contributed by atoms with Gasteiger partial charge >= 0.3 is 5.97 Å². The third kappa shape index (κ3) is 3.49. The Hall–Kier alpha value is -3.57. The van der Waals surface area contributed by atoms with Crippen molar-refractivity contribution in [3.05, 3.63) is 66.8 Å². The number of primary amides is 1. The van der Waals surface area contributed by atoms with Crippen LogP contribution in [0.15, 0.2) is 58.7 Å². The van der Waals surface area contributed by atoms with Gasteiger partial charge in [-0.05, 0) is 12.1 Å². The zero-order chi connectivity index (χ0) is 23.1. The lowest BCUT2D eigenvalue weighted by molar-refractivity contribution is -0.965. The number of rotatable bonds is 7. The summed E-state index contributed by atoms with van der Waals surface area (Å²) < 4.78 is 16.4. The second kappa shape index (κ2) is 8.09. The van der Waals surface area contributed by atoms with Gasteiger partial charge in [0.05, 0.1) is 38.1 Å². The first-order valence-electron chi connectivity index (χ1n) is 10.7. The van der Waals surface area contributed by atoms with Gasteiger partial charge in [-0.1, -0.05) is 0 Å². The molecule has 3 aliphatic heterocycles. The maximum absolute atomic E-state index is 13.4. The monoisotopic (exact) mass is 454 g/mol. The highest BCUT2D eigenvalue weighted by atomic mass is 16.6. The van der Waals surface area contributed by atoms with Crippen LogP contribution in [-0.2, 0) is 19.9 Å². The summed E-state index contributed by atoms with van der Waals surface area (Å²) >= 11 is 0. The zero-order valence-electron chi connectivity index (χ0n) is 17.7. The molecule has 6 rings (SSSR count). The van der Waals surface area contributed by atoms with Crippen LogP contribution in [0.1, 0.15) is 35.8 Å². The Morgan fingerprint density at radius 3 is 2.24 bits per heavy atom. The predicted octanol–water partition coefficient (Wildman–Crippen LogP) is 0.672. The molecular weight excluding hydrogens is 430 g/mol. The van der Waals surface area contributed by atoms with Crippen molar-refractivity contribution in [3.63, 3.8) is 0 Å². The number of aliphatic hydroxyl groups is 1. The van der Waals surface area contributed by atoms with E-state index >= 15 is 0 Å². The molecule has 0 aromatic carbocycles. The Morgan fingerprint density at radius 2 is 1.73 bits per heavy atom. The molecule has 3 N–H and O–H groups in total. The van der Waals surface area contributed by atoms with Gasteiger partial charge in [-0.2, -0.15) is 0 Å². The molecule has 11 nitrogen and oxygen atoms in total. The summed E-state index contributed by atoms with van der Waals surface area (Å²) in [6, 6.07) is 2.22. The molecule has 3 aromatic heterocycles. The Kier molecular flexibility index (Phi) is 5.22. The van der Waals surface area contributed by atoms with E-state index in [0.717, 1.165) is 12.8 Å². The van der Waals surface area contributed by atoms with Gasteiger partial charge in [-0.25, -0.2) is 19.7 Å². The number of aromatic nitrogens is 3. The molecule has 0 radical (unpaired) electrons. The molecule has 1 amide bonds. The van der Waals surface area contributed by atoms with Crippen molar-refractivity contribution in [1.29, 1.82) is 0 Å². The van der Waals surface area contributed by atoms with E-state index in [9.17, 15) is 14.7 Å². The third-order valence-corrected chi connectivity index (χ3v) is 6.97. The van der Waals surface area contributed by atoms with Gasteiger partial charge in [-0.3, -0.25) is 4.79 Å². The zero-order valence-corrected chi connectivity index (χ0v) is 17.7. The molecule has 6 heterocycles. The predicted molar refractivity (Wildman–Crippen MR) is 110 cm³/mol. The molecule has 11 heteroatoms. The second-order valence-corrected chi connectivity index (χ2v) is 8.67.